The quantitative estimate of drug-likeness (QED) is 0.793. The summed E-state index contributed by atoms with van der Waals surface area (Å²) in [6.07, 6.45) is 3.74. The molecule has 0 saturated heterocycles. The Balaban J connectivity index is 2.05. The normalized spacial score (nSPS) is 20.2. The van der Waals surface area contributed by atoms with E-state index in [2.05, 4.69) is 17.2 Å². The SMILES string of the molecule is C=CC(=O)N[C@@H]1CCC[C@H]1C(=O)Nc1ccccc1OCC. The van der Waals surface area contributed by atoms with Crippen LogP contribution in [-0.2, 0) is 9.59 Å². The van der Waals surface area contributed by atoms with Crippen molar-refractivity contribution in [2.45, 2.75) is 32.2 Å². The molecule has 1 aliphatic rings. The van der Waals surface area contributed by atoms with Gasteiger partial charge in [0, 0.05) is 6.04 Å². The van der Waals surface area contributed by atoms with E-state index in [4.69, 9.17) is 4.74 Å². The fraction of sp³-hybridized carbons (Fsp3) is 0.412. The van der Waals surface area contributed by atoms with E-state index < -0.39 is 0 Å². The van der Waals surface area contributed by atoms with Crippen molar-refractivity contribution in [1.82, 2.24) is 5.32 Å². The summed E-state index contributed by atoms with van der Waals surface area (Å²) in [7, 11) is 0. The van der Waals surface area contributed by atoms with Crippen LogP contribution in [0.15, 0.2) is 36.9 Å². The number of amides is 2. The number of anilines is 1. The molecule has 1 saturated carbocycles. The summed E-state index contributed by atoms with van der Waals surface area (Å²) in [5.41, 5.74) is 0.662. The zero-order valence-corrected chi connectivity index (χ0v) is 12.8. The molecule has 1 fully saturated rings. The predicted molar refractivity (Wildman–Crippen MR) is 85.7 cm³/mol. The maximum absolute atomic E-state index is 12.5. The Labute approximate surface area is 130 Å². The highest BCUT2D eigenvalue weighted by Crippen LogP contribution is 2.29. The number of benzene rings is 1. The zero-order chi connectivity index (χ0) is 15.9. The number of hydrogen-bond acceptors (Lipinski definition) is 3. The molecule has 118 valence electrons. The predicted octanol–water partition coefficient (Wildman–Crippen LogP) is 2.49. The van der Waals surface area contributed by atoms with E-state index in [1.165, 1.54) is 6.08 Å². The fourth-order valence-corrected chi connectivity index (χ4v) is 2.76. The number of hydrogen-bond donors (Lipinski definition) is 2. The number of rotatable bonds is 6. The largest absolute Gasteiger partial charge is 0.492 e. The first kappa shape index (κ1) is 16.1. The summed E-state index contributed by atoms with van der Waals surface area (Å²) >= 11 is 0. The van der Waals surface area contributed by atoms with Gasteiger partial charge in [0.05, 0.1) is 18.2 Å². The number of carbonyl (C=O) groups is 2. The van der Waals surface area contributed by atoms with E-state index in [0.29, 0.717) is 18.0 Å². The third kappa shape index (κ3) is 3.87. The van der Waals surface area contributed by atoms with Gasteiger partial charge in [-0.25, -0.2) is 0 Å². The second-order valence-corrected chi connectivity index (χ2v) is 5.28. The van der Waals surface area contributed by atoms with Crippen molar-refractivity contribution in [3.05, 3.63) is 36.9 Å². The summed E-state index contributed by atoms with van der Waals surface area (Å²) in [6, 6.07) is 7.22. The van der Waals surface area contributed by atoms with Crippen LogP contribution in [0.2, 0.25) is 0 Å². The van der Waals surface area contributed by atoms with Crippen molar-refractivity contribution in [3.8, 4) is 5.75 Å². The molecule has 0 bridgehead atoms. The van der Waals surface area contributed by atoms with Crippen molar-refractivity contribution in [2.75, 3.05) is 11.9 Å². The monoisotopic (exact) mass is 302 g/mol. The second kappa shape index (κ2) is 7.64. The lowest BCUT2D eigenvalue weighted by atomic mass is 10.0. The molecule has 1 aliphatic carbocycles. The maximum Gasteiger partial charge on any atom is 0.243 e. The summed E-state index contributed by atoms with van der Waals surface area (Å²) in [5, 5.41) is 5.75. The van der Waals surface area contributed by atoms with Gasteiger partial charge in [0.25, 0.3) is 0 Å². The second-order valence-electron chi connectivity index (χ2n) is 5.28. The van der Waals surface area contributed by atoms with Crippen LogP contribution in [-0.4, -0.2) is 24.5 Å². The van der Waals surface area contributed by atoms with Crippen molar-refractivity contribution in [2.24, 2.45) is 5.92 Å². The third-order valence-corrected chi connectivity index (χ3v) is 3.81. The lowest BCUT2D eigenvalue weighted by molar-refractivity contribution is -0.121. The Hall–Kier alpha value is -2.30. The number of nitrogens with one attached hydrogen (secondary N) is 2. The van der Waals surface area contributed by atoms with Crippen molar-refractivity contribution in [1.29, 1.82) is 0 Å². The van der Waals surface area contributed by atoms with Gasteiger partial charge in [-0.1, -0.05) is 25.1 Å². The number of carbonyl (C=O) groups excluding carboxylic acids is 2. The van der Waals surface area contributed by atoms with E-state index in [9.17, 15) is 9.59 Å². The standard InChI is InChI=1S/C17H22N2O3/c1-3-16(20)18-13-10-7-8-12(13)17(21)19-14-9-5-6-11-15(14)22-4-2/h3,5-6,9,11-13H,1,4,7-8,10H2,2H3,(H,18,20)(H,19,21)/t12-,13-/m1/s1. The molecule has 2 atom stereocenters. The Kier molecular flexibility index (Phi) is 5.58. The van der Waals surface area contributed by atoms with Gasteiger partial charge in [0.15, 0.2) is 0 Å². The van der Waals surface area contributed by atoms with Crippen LogP contribution < -0.4 is 15.4 Å². The summed E-state index contributed by atoms with van der Waals surface area (Å²) in [5.74, 6) is 0.111. The van der Waals surface area contributed by atoms with Gasteiger partial charge in [0.2, 0.25) is 11.8 Å². The third-order valence-electron chi connectivity index (χ3n) is 3.81. The summed E-state index contributed by atoms with van der Waals surface area (Å²) < 4.78 is 5.51. The van der Waals surface area contributed by atoms with Crippen molar-refractivity contribution < 1.29 is 14.3 Å². The smallest absolute Gasteiger partial charge is 0.243 e. The minimum Gasteiger partial charge on any atom is -0.492 e. The molecule has 2 amide bonds. The highest BCUT2D eigenvalue weighted by Gasteiger charge is 2.33. The molecule has 2 N–H and O–H groups in total. The van der Waals surface area contributed by atoms with E-state index in [1.807, 2.05) is 31.2 Å². The molecular weight excluding hydrogens is 280 g/mol. The molecule has 0 heterocycles. The van der Waals surface area contributed by atoms with Crippen LogP contribution in [0.25, 0.3) is 0 Å². The molecule has 1 aromatic rings. The van der Waals surface area contributed by atoms with Crippen molar-refractivity contribution in [3.63, 3.8) is 0 Å². The lowest BCUT2D eigenvalue weighted by Crippen LogP contribution is -2.41. The van der Waals surface area contributed by atoms with E-state index in [-0.39, 0.29) is 23.8 Å². The van der Waals surface area contributed by atoms with E-state index in [0.717, 1.165) is 19.3 Å². The average Bonchev–Trinajstić information content (AvgIpc) is 2.97. The Morgan fingerprint density at radius 1 is 1.36 bits per heavy atom. The van der Waals surface area contributed by atoms with Gasteiger partial charge in [-0.3, -0.25) is 9.59 Å². The topological polar surface area (TPSA) is 67.4 Å². The fourth-order valence-electron chi connectivity index (χ4n) is 2.76. The number of ether oxygens (including phenoxy) is 1. The first-order chi connectivity index (χ1) is 10.7. The van der Waals surface area contributed by atoms with Crippen LogP contribution in [0.4, 0.5) is 5.69 Å². The Morgan fingerprint density at radius 2 is 2.14 bits per heavy atom. The molecule has 0 aliphatic heterocycles. The first-order valence-electron chi connectivity index (χ1n) is 7.61. The van der Waals surface area contributed by atoms with Gasteiger partial charge in [0.1, 0.15) is 5.75 Å². The molecule has 1 aromatic carbocycles. The van der Waals surface area contributed by atoms with Crippen LogP contribution >= 0.6 is 0 Å². The minimum atomic E-state index is -0.237. The molecule has 5 nitrogen and oxygen atoms in total. The van der Waals surface area contributed by atoms with Gasteiger partial charge >= 0.3 is 0 Å². The molecule has 22 heavy (non-hydrogen) atoms. The van der Waals surface area contributed by atoms with E-state index in [1.54, 1.807) is 0 Å². The molecule has 0 spiro atoms. The molecule has 0 aromatic heterocycles. The molecular formula is C17H22N2O3. The maximum atomic E-state index is 12.5. The van der Waals surface area contributed by atoms with Gasteiger partial charge < -0.3 is 15.4 Å². The lowest BCUT2D eigenvalue weighted by Gasteiger charge is -2.20. The highest BCUT2D eigenvalue weighted by atomic mass is 16.5. The Morgan fingerprint density at radius 3 is 2.86 bits per heavy atom. The van der Waals surface area contributed by atoms with Crippen LogP contribution in [0.3, 0.4) is 0 Å². The molecule has 0 unspecified atom stereocenters. The highest BCUT2D eigenvalue weighted by molar-refractivity contribution is 5.95. The Bertz CT molecular complexity index is 557. The molecule has 0 radical (unpaired) electrons. The van der Waals surface area contributed by atoms with Crippen molar-refractivity contribution >= 4 is 17.5 Å². The summed E-state index contributed by atoms with van der Waals surface area (Å²) in [6.45, 7) is 5.88. The van der Waals surface area contributed by atoms with Gasteiger partial charge in [-0.2, -0.15) is 0 Å². The number of para-hydroxylation sites is 2. The first-order valence-corrected chi connectivity index (χ1v) is 7.61. The van der Waals surface area contributed by atoms with Crippen LogP contribution in [0.1, 0.15) is 26.2 Å². The minimum absolute atomic E-state index is 0.0842. The van der Waals surface area contributed by atoms with E-state index >= 15 is 0 Å². The molecule has 5 heteroatoms. The molecule has 2 rings (SSSR count). The van der Waals surface area contributed by atoms with Gasteiger partial charge in [-0.05, 0) is 38.0 Å². The average molecular weight is 302 g/mol. The van der Waals surface area contributed by atoms with Crippen LogP contribution in [0, 0.1) is 5.92 Å². The zero-order valence-electron chi connectivity index (χ0n) is 12.8. The van der Waals surface area contributed by atoms with Gasteiger partial charge in [-0.15, -0.1) is 0 Å². The van der Waals surface area contributed by atoms with Crippen LogP contribution in [0.5, 0.6) is 5.75 Å². The summed E-state index contributed by atoms with van der Waals surface area (Å²) in [4.78, 5) is 24.0.